The fourth-order valence-corrected chi connectivity index (χ4v) is 7.49. The van der Waals surface area contributed by atoms with Crippen LogP contribution in [0.1, 0.15) is 59.1 Å². The van der Waals surface area contributed by atoms with E-state index in [2.05, 4.69) is 36.0 Å². The van der Waals surface area contributed by atoms with Crippen LogP contribution in [0.2, 0.25) is 0 Å². The Morgan fingerprint density at radius 1 is 0.703 bits per heavy atom. The van der Waals surface area contributed by atoms with Gasteiger partial charge in [0.05, 0.1) is 11.1 Å². The maximum atomic E-state index is 15.4. The van der Waals surface area contributed by atoms with E-state index >= 15 is 8.78 Å². The predicted octanol–water partition coefficient (Wildman–Crippen LogP) is 5.56. The summed E-state index contributed by atoms with van der Waals surface area (Å²) in [6, 6.07) is 13.2. The van der Waals surface area contributed by atoms with Gasteiger partial charge in [0.25, 0.3) is 11.8 Å². The van der Waals surface area contributed by atoms with Crippen molar-refractivity contribution >= 4 is 23.5 Å². The molecule has 2 aromatic carbocycles. The van der Waals surface area contributed by atoms with Crippen LogP contribution in [0.15, 0.2) is 67.3 Å². The molecule has 1 unspecified atom stereocenters. The molecular weight excluding hydrogens is 831 g/mol. The summed E-state index contributed by atoms with van der Waals surface area (Å²) in [7, 11) is 7.62. The summed E-state index contributed by atoms with van der Waals surface area (Å²) in [6.45, 7) is 7.56. The van der Waals surface area contributed by atoms with Gasteiger partial charge in [0, 0.05) is 37.3 Å². The summed E-state index contributed by atoms with van der Waals surface area (Å²) in [6.07, 6.45) is 2.95. The van der Waals surface area contributed by atoms with Crippen molar-refractivity contribution < 1.29 is 37.3 Å². The van der Waals surface area contributed by atoms with Gasteiger partial charge in [0.15, 0.2) is 34.6 Å². The maximum Gasteiger partial charge on any atom is 0.259 e. The van der Waals surface area contributed by atoms with Gasteiger partial charge < -0.3 is 48.5 Å². The van der Waals surface area contributed by atoms with Gasteiger partial charge in [-0.1, -0.05) is 6.07 Å². The predicted molar refractivity (Wildman–Crippen MR) is 231 cm³/mol. The van der Waals surface area contributed by atoms with Gasteiger partial charge in [-0.2, -0.15) is 0 Å². The number of likely N-dealkylation sites (N-methyl/N-ethyl adjacent to an activating group) is 2. The van der Waals surface area contributed by atoms with Crippen LogP contribution in [0.25, 0.3) is 23.0 Å². The van der Waals surface area contributed by atoms with E-state index in [4.69, 9.17) is 23.9 Å². The summed E-state index contributed by atoms with van der Waals surface area (Å²) in [4.78, 5) is 40.4. The first-order valence-corrected chi connectivity index (χ1v) is 20.6. The molecule has 2 aliphatic rings. The number of hydrogen-bond acceptors (Lipinski definition) is 14. The number of carbonyl (C=O) groups is 2. The zero-order valence-corrected chi connectivity index (χ0v) is 36.4. The summed E-state index contributed by atoms with van der Waals surface area (Å²) in [5, 5.41) is 22.4. The Morgan fingerprint density at radius 3 is 1.80 bits per heavy atom. The molecule has 3 atom stereocenters. The van der Waals surface area contributed by atoms with Crippen molar-refractivity contribution in [3.63, 3.8) is 0 Å². The Bertz CT molecular complexity index is 2690. The number of nitrogens with zero attached hydrogens (tertiary/aromatic N) is 10. The second kappa shape index (κ2) is 18.3. The molecule has 0 aliphatic carbocycles. The van der Waals surface area contributed by atoms with E-state index in [-0.39, 0.29) is 83.3 Å². The first kappa shape index (κ1) is 43.6. The van der Waals surface area contributed by atoms with Crippen LogP contribution in [0.4, 0.5) is 20.4 Å². The SMILES string of the molecule is CC(C)n1cnnc1-c1cc(CC(C)n2cnnc2-c2cccc(NC(=O)c3cc4c(cc3F)OC[C@@H](CN(C)C)O4)n2)cc(NC(=O)c2cc3c(cc2F)OC[C@H](CN(C)C)O3)n1. The van der Waals surface area contributed by atoms with Crippen molar-refractivity contribution in [3.05, 3.63) is 95.6 Å². The molecule has 20 heteroatoms. The first-order chi connectivity index (χ1) is 30.7. The van der Waals surface area contributed by atoms with Crippen LogP contribution in [0.3, 0.4) is 0 Å². The van der Waals surface area contributed by atoms with Crippen LogP contribution >= 0.6 is 0 Å². The maximum absolute atomic E-state index is 15.4. The fraction of sp³-hybridized carbons (Fsp3) is 0.364. The van der Waals surface area contributed by atoms with E-state index in [1.807, 2.05) is 74.0 Å². The quantitative estimate of drug-likeness (QED) is 0.138. The zero-order chi connectivity index (χ0) is 45.2. The summed E-state index contributed by atoms with van der Waals surface area (Å²) < 4.78 is 57.8. The second-order valence-corrected chi connectivity index (χ2v) is 16.5. The van der Waals surface area contributed by atoms with Gasteiger partial charge >= 0.3 is 0 Å². The normalized spacial score (nSPS) is 16.0. The number of ether oxygens (including phenoxy) is 4. The molecule has 334 valence electrons. The van der Waals surface area contributed by atoms with E-state index in [1.165, 1.54) is 12.1 Å². The molecule has 0 radical (unpaired) electrons. The second-order valence-electron chi connectivity index (χ2n) is 16.5. The number of fused-ring (bicyclic) bond motifs is 2. The summed E-state index contributed by atoms with van der Waals surface area (Å²) >= 11 is 0. The fourth-order valence-electron chi connectivity index (χ4n) is 7.49. The molecule has 18 nitrogen and oxygen atoms in total. The van der Waals surface area contributed by atoms with Gasteiger partial charge in [-0.15, -0.1) is 20.4 Å². The summed E-state index contributed by atoms with van der Waals surface area (Å²) in [5.41, 5.74) is 1.08. The number of amides is 2. The van der Waals surface area contributed by atoms with Gasteiger partial charge in [-0.25, -0.2) is 18.7 Å². The van der Waals surface area contributed by atoms with E-state index in [9.17, 15) is 9.59 Å². The molecule has 6 heterocycles. The number of benzene rings is 2. The van der Waals surface area contributed by atoms with Crippen molar-refractivity contribution in [2.75, 3.05) is 65.1 Å². The highest BCUT2D eigenvalue weighted by atomic mass is 19.1. The average Bonchev–Trinajstić information content (AvgIpc) is 3.95. The monoisotopic (exact) mass is 878 g/mol. The first-order valence-electron chi connectivity index (χ1n) is 20.6. The minimum absolute atomic E-state index is 0.00959. The Morgan fingerprint density at radius 2 is 1.23 bits per heavy atom. The van der Waals surface area contributed by atoms with E-state index in [0.29, 0.717) is 42.5 Å². The molecule has 2 N–H and O–H groups in total. The Labute approximate surface area is 367 Å². The van der Waals surface area contributed by atoms with Crippen molar-refractivity contribution in [1.82, 2.24) is 49.3 Å². The highest BCUT2D eigenvalue weighted by Crippen LogP contribution is 2.36. The summed E-state index contributed by atoms with van der Waals surface area (Å²) in [5.74, 6) is -0.875. The Kier molecular flexibility index (Phi) is 12.5. The molecule has 2 amide bonds. The standard InChI is InChI=1S/C44H48F2N12O6/c1-24(2)57-22-47-54-42(57)34-12-26(13-40(50-34)52-44(60)30-15-38-36(17-32(30)46)62-21-28(64-38)19-56(6)7)11-25(3)58-23-48-53-41(58)33-9-8-10-39(49-33)51-43(59)29-14-37-35(16-31(29)45)61-20-27(63-37)18-55(4)5/h8-10,12-17,22-25,27-28H,11,18-21H2,1-7H3,(H,49,51,59)(H,50,52,60)/t25?,27-,28+/m1/s1. The van der Waals surface area contributed by atoms with E-state index < -0.39 is 23.4 Å². The van der Waals surface area contributed by atoms with Crippen molar-refractivity contribution in [3.8, 4) is 46.0 Å². The van der Waals surface area contributed by atoms with E-state index in [1.54, 1.807) is 36.9 Å². The molecule has 0 fully saturated rings. The Balaban J connectivity index is 1.03. The lowest BCUT2D eigenvalue weighted by atomic mass is 10.1. The molecule has 0 saturated carbocycles. The van der Waals surface area contributed by atoms with Crippen molar-refractivity contribution in [1.29, 1.82) is 0 Å². The van der Waals surface area contributed by atoms with Crippen LogP contribution in [0, 0.1) is 11.6 Å². The molecule has 64 heavy (non-hydrogen) atoms. The zero-order valence-electron chi connectivity index (χ0n) is 36.4. The topological polar surface area (TPSA) is 189 Å². The number of rotatable bonds is 14. The molecule has 0 bridgehead atoms. The lowest BCUT2D eigenvalue weighted by Crippen LogP contribution is -2.38. The van der Waals surface area contributed by atoms with E-state index in [0.717, 1.165) is 17.7 Å². The molecule has 0 saturated heterocycles. The number of hydrogen-bond donors (Lipinski definition) is 2. The molecular formula is C44H48F2N12O6. The number of nitrogens with one attached hydrogen (secondary N) is 2. The molecule has 6 aromatic rings. The largest absolute Gasteiger partial charge is 0.486 e. The molecule has 0 spiro atoms. The van der Waals surface area contributed by atoms with Gasteiger partial charge in [0.2, 0.25) is 0 Å². The molecule has 2 aliphatic heterocycles. The third kappa shape index (κ3) is 9.61. The van der Waals surface area contributed by atoms with Gasteiger partial charge in [-0.3, -0.25) is 9.59 Å². The minimum atomic E-state index is -0.780. The van der Waals surface area contributed by atoms with Crippen molar-refractivity contribution in [2.24, 2.45) is 0 Å². The van der Waals surface area contributed by atoms with Crippen LogP contribution < -0.4 is 29.6 Å². The van der Waals surface area contributed by atoms with Crippen LogP contribution in [-0.4, -0.2) is 128 Å². The molecule has 4 aromatic heterocycles. The smallest absolute Gasteiger partial charge is 0.259 e. The highest BCUT2D eigenvalue weighted by Gasteiger charge is 2.28. The Hall–Kier alpha value is -7.06. The van der Waals surface area contributed by atoms with Crippen LogP contribution in [0.5, 0.6) is 23.0 Å². The number of anilines is 2. The van der Waals surface area contributed by atoms with Crippen LogP contribution in [-0.2, 0) is 6.42 Å². The minimum Gasteiger partial charge on any atom is -0.486 e. The molecule has 8 rings (SSSR count). The lowest BCUT2D eigenvalue weighted by Gasteiger charge is -2.28. The number of carbonyl (C=O) groups excluding carboxylic acids is 2. The average molecular weight is 879 g/mol. The van der Waals surface area contributed by atoms with Crippen molar-refractivity contribution in [2.45, 2.75) is 51.5 Å². The third-order valence-electron chi connectivity index (χ3n) is 10.4. The third-order valence-corrected chi connectivity index (χ3v) is 10.4. The highest BCUT2D eigenvalue weighted by molar-refractivity contribution is 6.05. The number of halogens is 2. The number of aromatic nitrogens is 8. The number of pyridine rings is 2. The van der Waals surface area contributed by atoms with Gasteiger partial charge in [-0.05, 0) is 97.3 Å². The van der Waals surface area contributed by atoms with Gasteiger partial charge in [0.1, 0.15) is 72.7 Å². The lowest BCUT2D eigenvalue weighted by molar-refractivity contribution is 0.0703.